The molecule has 1 saturated heterocycles. The van der Waals surface area contributed by atoms with Crippen LogP contribution in [0.3, 0.4) is 0 Å². The molecule has 2 N–H and O–H groups in total. The van der Waals surface area contributed by atoms with Gasteiger partial charge < -0.3 is 15.5 Å². The van der Waals surface area contributed by atoms with E-state index in [0.717, 1.165) is 17.8 Å². The van der Waals surface area contributed by atoms with Crippen molar-refractivity contribution in [2.75, 3.05) is 28.6 Å². The average molecular weight is 327 g/mol. The molecule has 2 aromatic rings. The lowest BCUT2D eigenvalue weighted by Gasteiger charge is -2.20. The molecule has 1 aliphatic rings. The van der Waals surface area contributed by atoms with E-state index in [4.69, 9.17) is 0 Å². The molecule has 0 bridgehead atoms. The highest BCUT2D eigenvalue weighted by Crippen LogP contribution is 2.29. The van der Waals surface area contributed by atoms with Crippen LogP contribution in [0.1, 0.15) is 12.8 Å². The van der Waals surface area contributed by atoms with Crippen LogP contribution < -0.4 is 15.5 Å². The number of para-hydroxylation sites is 2. The number of carbonyl (C=O) groups is 2. The zero-order valence-electron chi connectivity index (χ0n) is 13.1. The minimum atomic E-state index is -0.404. The number of nitrogens with one attached hydrogen (secondary N) is 2. The van der Waals surface area contributed by atoms with Crippen LogP contribution in [0.5, 0.6) is 0 Å². The molecule has 0 radical (unpaired) electrons. The molecule has 2 aromatic carbocycles. The van der Waals surface area contributed by atoms with Gasteiger partial charge in [-0.2, -0.15) is 0 Å². The van der Waals surface area contributed by atoms with E-state index in [0.29, 0.717) is 18.7 Å². The summed E-state index contributed by atoms with van der Waals surface area (Å²) < 4.78 is 13.1. The van der Waals surface area contributed by atoms with E-state index in [-0.39, 0.29) is 18.4 Å². The Morgan fingerprint density at radius 1 is 1.17 bits per heavy atom. The van der Waals surface area contributed by atoms with Gasteiger partial charge in [0.2, 0.25) is 11.8 Å². The first-order valence-corrected chi connectivity index (χ1v) is 7.82. The van der Waals surface area contributed by atoms with Gasteiger partial charge in [-0.3, -0.25) is 9.59 Å². The van der Waals surface area contributed by atoms with Crippen molar-refractivity contribution in [1.82, 2.24) is 0 Å². The van der Waals surface area contributed by atoms with Crippen LogP contribution in [0.4, 0.5) is 21.5 Å². The maximum atomic E-state index is 13.1. The summed E-state index contributed by atoms with van der Waals surface area (Å²) in [5.41, 5.74) is 1.91. The summed E-state index contributed by atoms with van der Waals surface area (Å²) in [6.07, 6.45) is 1.39. The van der Waals surface area contributed by atoms with Crippen molar-refractivity contribution in [3.05, 3.63) is 54.3 Å². The van der Waals surface area contributed by atoms with Crippen LogP contribution in [0.2, 0.25) is 0 Å². The molecule has 0 aliphatic carbocycles. The first kappa shape index (κ1) is 16.0. The van der Waals surface area contributed by atoms with Crippen molar-refractivity contribution < 1.29 is 14.0 Å². The molecule has 0 spiro atoms. The topological polar surface area (TPSA) is 61.4 Å². The van der Waals surface area contributed by atoms with E-state index < -0.39 is 5.82 Å². The van der Waals surface area contributed by atoms with E-state index >= 15 is 0 Å². The van der Waals surface area contributed by atoms with Gasteiger partial charge in [-0.05, 0) is 36.8 Å². The van der Waals surface area contributed by atoms with Gasteiger partial charge in [0.25, 0.3) is 0 Å². The Bertz CT molecular complexity index is 763. The number of hydrogen-bond donors (Lipinski definition) is 2. The van der Waals surface area contributed by atoms with Crippen LogP contribution in [-0.4, -0.2) is 24.9 Å². The van der Waals surface area contributed by atoms with Crippen LogP contribution in [0.25, 0.3) is 0 Å². The minimum Gasteiger partial charge on any atom is -0.374 e. The molecule has 124 valence electrons. The molecule has 1 heterocycles. The maximum Gasteiger partial charge on any atom is 0.243 e. The van der Waals surface area contributed by atoms with Crippen molar-refractivity contribution >= 4 is 28.9 Å². The summed E-state index contributed by atoms with van der Waals surface area (Å²) in [4.78, 5) is 25.7. The minimum absolute atomic E-state index is 0.0234. The molecule has 1 fully saturated rings. The Labute approximate surface area is 139 Å². The quantitative estimate of drug-likeness (QED) is 0.887. The summed E-state index contributed by atoms with van der Waals surface area (Å²) in [6, 6.07) is 13.1. The molecule has 24 heavy (non-hydrogen) atoms. The lowest BCUT2D eigenvalue weighted by Crippen LogP contribution is -2.26. The SMILES string of the molecule is O=C(CNc1ccccc1N1CCCC1=O)Nc1cccc(F)c1. The fourth-order valence-corrected chi connectivity index (χ4v) is 2.71. The zero-order valence-corrected chi connectivity index (χ0v) is 13.1. The van der Waals surface area contributed by atoms with Crippen LogP contribution >= 0.6 is 0 Å². The van der Waals surface area contributed by atoms with Gasteiger partial charge in [-0.15, -0.1) is 0 Å². The molecule has 0 aromatic heterocycles. The van der Waals surface area contributed by atoms with Crippen molar-refractivity contribution in [2.24, 2.45) is 0 Å². The largest absolute Gasteiger partial charge is 0.374 e. The third-order valence-electron chi connectivity index (χ3n) is 3.82. The number of anilines is 3. The number of hydrogen-bond acceptors (Lipinski definition) is 3. The predicted molar refractivity (Wildman–Crippen MR) is 91.5 cm³/mol. The maximum absolute atomic E-state index is 13.1. The van der Waals surface area contributed by atoms with Gasteiger partial charge in [-0.1, -0.05) is 18.2 Å². The van der Waals surface area contributed by atoms with Gasteiger partial charge in [0, 0.05) is 18.7 Å². The Balaban J connectivity index is 1.64. The number of nitrogens with zero attached hydrogens (tertiary/aromatic N) is 1. The number of carbonyl (C=O) groups excluding carboxylic acids is 2. The van der Waals surface area contributed by atoms with E-state index in [1.54, 1.807) is 11.0 Å². The fraction of sp³-hybridized carbons (Fsp3) is 0.222. The Hall–Kier alpha value is -2.89. The van der Waals surface area contributed by atoms with Crippen molar-refractivity contribution in [1.29, 1.82) is 0 Å². The molecular weight excluding hydrogens is 309 g/mol. The highest BCUT2D eigenvalue weighted by molar-refractivity contribution is 5.99. The monoisotopic (exact) mass is 327 g/mol. The summed E-state index contributed by atoms with van der Waals surface area (Å²) in [5, 5.41) is 5.67. The molecule has 3 rings (SSSR count). The van der Waals surface area contributed by atoms with E-state index in [2.05, 4.69) is 10.6 Å². The second-order valence-electron chi connectivity index (χ2n) is 5.58. The molecule has 2 amide bonds. The number of halogens is 1. The Morgan fingerprint density at radius 2 is 2.00 bits per heavy atom. The lowest BCUT2D eigenvalue weighted by atomic mass is 10.2. The molecular formula is C18H18FN3O2. The fourth-order valence-electron chi connectivity index (χ4n) is 2.71. The summed E-state index contributed by atoms with van der Waals surface area (Å²) in [6.45, 7) is 0.711. The molecule has 0 unspecified atom stereocenters. The van der Waals surface area contributed by atoms with Crippen LogP contribution in [-0.2, 0) is 9.59 Å². The van der Waals surface area contributed by atoms with Gasteiger partial charge >= 0.3 is 0 Å². The highest BCUT2D eigenvalue weighted by Gasteiger charge is 2.23. The molecule has 0 atom stereocenters. The molecule has 6 heteroatoms. The third kappa shape index (κ3) is 3.71. The highest BCUT2D eigenvalue weighted by atomic mass is 19.1. The van der Waals surface area contributed by atoms with Crippen molar-refractivity contribution in [2.45, 2.75) is 12.8 Å². The third-order valence-corrected chi connectivity index (χ3v) is 3.82. The standard InChI is InChI=1S/C18H18FN3O2/c19-13-5-3-6-14(11-13)21-17(23)12-20-15-7-1-2-8-16(15)22-10-4-9-18(22)24/h1-3,5-8,11,20H,4,9-10,12H2,(H,21,23). The number of benzene rings is 2. The van der Waals surface area contributed by atoms with E-state index in [9.17, 15) is 14.0 Å². The van der Waals surface area contributed by atoms with E-state index in [1.807, 2.05) is 24.3 Å². The average Bonchev–Trinajstić information content (AvgIpc) is 2.99. The molecule has 1 aliphatic heterocycles. The zero-order chi connectivity index (χ0) is 16.9. The van der Waals surface area contributed by atoms with E-state index in [1.165, 1.54) is 18.2 Å². The van der Waals surface area contributed by atoms with Crippen molar-refractivity contribution in [3.63, 3.8) is 0 Å². The second kappa shape index (κ2) is 7.12. The Kier molecular flexibility index (Phi) is 4.74. The predicted octanol–water partition coefficient (Wildman–Crippen LogP) is 3.00. The van der Waals surface area contributed by atoms with Crippen LogP contribution in [0, 0.1) is 5.82 Å². The first-order valence-electron chi connectivity index (χ1n) is 7.82. The molecule has 0 saturated carbocycles. The Morgan fingerprint density at radius 3 is 2.75 bits per heavy atom. The number of rotatable bonds is 5. The van der Waals surface area contributed by atoms with Gasteiger partial charge in [0.1, 0.15) is 5.82 Å². The number of amides is 2. The van der Waals surface area contributed by atoms with Gasteiger partial charge in [-0.25, -0.2) is 4.39 Å². The van der Waals surface area contributed by atoms with Crippen molar-refractivity contribution in [3.8, 4) is 0 Å². The summed E-state index contributed by atoms with van der Waals surface area (Å²) in [5.74, 6) is -0.602. The molecule has 5 nitrogen and oxygen atoms in total. The first-order chi connectivity index (χ1) is 11.6. The normalized spacial score (nSPS) is 13.9. The second-order valence-corrected chi connectivity index (χ2v) is 5.58. The lowest BCUT2D eigenvalue weighted by molar-refractivity contribution is -0.117. The smallest absolute Gasteiger partial charge is 0.243 e. The van der Waals surface area contributed by atoms with Crippen LogP contribution in [0.15, 0.2) is 48.5 Å². The summed E-state index contributed by atoms with van der Waals surface area (Å²) in [7, 11) is 0. The van der Waals surface area contributed by atoms with Gasteiger partial charge in [0.05, 0.1) is 17.9 Å². The summed E-state index contributed by atoms with van der Waals surface area (Å²) >= 11 is 0. The van der Waals surface area contributed by atoms with Gasteiger partial charge in [0.15, 0.2) is 0 Å².